The van der Waals surface area contributed by atoms with E-state index >= 15 is 0 Å². The standard InChI is InChI=1S/C26H28N3O4S2.ClHO4/c1-16(2)22-12-19(18-8-6-5-7-9-18)13-23(17(3)4)29(22)15-25(30)33-20-10-11-21-24(14-20)34-26(28-21)35(27,31)32;2-1(3,4)5/h5-14,16-17H,15H2,1-4H3,(H2,27,31,32);(H,2,3,4,5)/q+1;/p-1. The highest BCUT2D eigenvalue weighted by atomic mass is 35.7. The summed E-state index contributed by atoms with van der Waals surface area (Å²) in [6, 6.07) is 19.3. The van der Waals surface area contributed by atoms with Gasteiger partial charge in [-0.2, -0.15) is 4.57 Å². The molecule has 14 heteroatoms. The molecule has 0 aliphatic carbocycles. The molecule has 11 nitrogen and oxygen atoms in total. The van der Waals surface area contributed by atoms with Crippen LogP contribution in [0.2, 0.25) is 0 Å². The van der Waals surface area contributed by atoms with E-state index in [1.165, 1.54) is 0 Å². The maximum atomic E-state index is 13.0. The molecule has 4 rings (SSSR count). The van der Waals surface area contributed by atoms with Crippen LogP contribution in [0, 0.1) is 10.2 Å². The van der Waals surface area contributed by atoms with Crippen LogP contribution in [0.3, 0.4) is 0 Å². The first-order valence-electron chi connectivity index (χ1n) is 11.9. The Morgan fingerprint density at radius 3 is 2.00 bits per heavy atom. The van der Waals surface area contributed by atoms with Gasteiger partial charge in [-0.05, 0) is 23.3 Å². The topological polar surface area (TPSA) is 195 Å². The van der Waals surface area contributed by atoms with E-state index in [-0.39, 0.29) is 22.7 Å². The normalized spacial score (nSPS) is 12.0. The number of benzene rings is 2. The van der Waals surface area contributed by atoms with E-state index in [4.69, 9.17) is 28.5 Å². The van der Waals surface area contributed by atoms with Crippen molar-refractivity contribution >= 4 is 37.5 Å². The lowest BCUT2D eigenvalue weighted by molar-refractivity contribution is -2.00. The quantitative estimate of drug-likeness (QED) is 0.170. The molecule has 40 heavy (non-hydrogen) atoms. The second kappa shape index (κ2) is 12.7. The molecule has 0 aliphatic heterocycles. The van der Waals surface area contributed by atoms with Crippen molar-refractivity contribution in [1.82, 2.24) is 4.98 Å². The fraction of sp³-hybridized carbons (Fsp3) is 0.269. The molecule has 2 heterocycles. The fourth-order valence-electron chi connectivity index (χ4n) is 3.96. The number of esters is 1. The summed E-state index contributed by atoms with van der Waals surface area (Å²) in [4.78, 5) is 17.0. The number of fused-ring (bicyclic) bond motifs is 1. The Balaban J connectivity index is 0.000000810. The molecule has 0 aliphatic rings. The van der Waals surface area contributed by atoms with Gasteiger partial charge in [0.1, 0.15) is 5.75 Å². The fourth-order valence-corrected chi connectivity index (χ4v) is 5.65. The number of primary sulfonamides is 1. The summed E-state index contributed by atoms with van der Waals surface area (Å²) in [5, 5.41) is 5.18. The maximum absolute atomic E-state index is 13.0. The molecule has 0 saturated heterocycles. The molecule has 4 aromatic rings. The number of halogens is 1. The van der Waals surface area contributed by atoms with Crippen LogP contribution >= 0.6 is 11.3 Å². The molecule has 2 aromatic heterocycles. The number of carbonyl (C=O) groups excluding carboxylic acids is 1. The highest BCUT2D eigenvalue weighted by molar-refractivity contribution is 7.91. The van der Waals surface area contributed by atoms with E-state index < -0.39 is 26.2 Å². The second-order valence-corrected chi connectivity index (χ2v) is 12.9. The average molecular weight is 610 g/mol. The van der Waals surface area contributed by atoms with Crippen molar-refractivity contribution in [2.75, 3.05) is 0 Å². The Morgan fingerprint density at radius 1 is 0.950 bits per heavy atom. The summed E-state index contributed by atoms with van der Waals surface area (Å²) in [6.07, 6.45) is 0. The third-order valence-electron chi connectivity index (χ3n) is 5.62. The van der Waals surface area contributed by atoms with Gasteiger partial charge in [0.2, 0.25) is 10.9 Å². The van der Waals surface area contributed by atoms with E-state index in [1.807, 2.05) is 22.8 Å². The lowest BCUT2D eigenvalue weighted by atomic mass is 9.97. The number of aromatic nitrogens is 2. The lowest BCUT2D eigenvalue weighted by Crippen LogP contribution is -2.68. The zero-order valence-corrected chi connectivity index (χ0v) is 24.5. The number of carbonyl (C=O) groups is 1. The van der Waals surface area contributed by atoms with Crippen molar-refractivity contribution in [2.24, 2.45) is 5.14 Å². The number of ether oxygens (including phenoxy) is 1. The summed E-state index contributed by atoms with van der Waals surface area (Å²) >= 11 is 0.941. The molecule has 0 fully saturated rings. The van der Waals surface area contributed by atoms with E-state index in [0.29, 0.717) is 16.0 Å². The highest BCUT2D eigenvalue weighted by Gasteiger charge is 2.27. The van der Waals surface area contributed by atoms with E-state index in [0.717, 1.165) is 33.9 Å². The summed E-state index contributed by atoms with van der Waals surface area (Å²) in [5.74, 6) is 0.288. The number of nitrogens with zero attached hydrogens (tertiary/aromatic N) is 2. The van der Waals surface area contributed by atoms with Crippen LogP contribution in [-0.4, -0.2) is 19.4 Å². The van der Waals surface area contributed by atoms with Gasteiger partial charge in [0.15, 0.2) is 11.4 Å². The van der Waals surface area contributed by atoms with Gasteiger partial charge in [0.25, 0.3) is 10.0 Å². The SMILES string of the molecule is CC(C)c1cc(-c2ccccc2)cc(C(C)C)[n+]1CC(=O)Oc1ccc2nc(S(N)(=O)=O)sc2c1.[O-][Cl+3]([O-])([O-])[O-]. The zero-order chi connectivity index (χ0) is 29.8. The first kappa shape index (κ1) is 31.5. The Hall–Kier alpha value is -3.01. The number of hydrogen-bond donors (Lipinski definition) is 1. The number of hydrogen-bond acceptors (Lipinski definition) is 10. The minimum atomic E-state index is -4.94. The summed E-state index contributed by atoms with van der Waals surface area (Å²) in [7, 11) is -8.84. The minimum absolute atomic E-state index is 0.0548. The van der Waals surface area contributed by atoms with Crippen LogP contribution < -0.4 is 33.1 Å². The lowest BCUT2D eigenvalue weighted by Gasteiger charge is -2.17. The first-order chi connectivity index (χ1) is 18.5. The molecule has 0 radical (unpaired) electrons. The minimum Gasteiger partial charge on any atom is -0.422 e. The van der Waals surface area contributed by atoms with Crippen LogP contribution in [0.4, 0.5) is 0 Å². The second-order valence-electron chi connectivity index (χ2n) is 9.36. The number of nitrogens with two attached hydrogens (primary N) is 1. The van der Waals surface area contributed by atoms with Gasteiger partial charge in [0, 0.05) is 30.0 Å². The predicted molar refractivity (Wildman–Crippen MR) is 137 cm³/mol. The van der Waals surface area contributed by atoms with Crippen molar-refractivity contribution in [1.29, 1.82) is 0 Å². The molecule has 214 valence electrons. The summed E-state index contributed by atoms with van der Waals surface area (Å²) in [5.41, 5.74) is 4.81. The first-order valence-corrected chi connectivity index (χ1v) is 15.5. The van der Waals surface area contributed by atoms with E-state index in [9.17, 15) is 13.2 Å². The number of thiazole rings is 1. The van der Waals surface area contributed by atoms with Crippen LogP contribution in [0.25, 0.3) is 21.3 Å². The van der Waals surface area contributed by atoms with Crippen LogP contribution in [0.15, 0.2) is 65.0 Å². The smallest absolute Gasteiger partial charge is 0.378 e. The van der Waals surface area contributed by atoms with Gasteiger partial charge in [-0.3, -0.25) is 0 Å². The van der Waals surface area contributed by atoms with Crippen molar-refractivity contribution in [2.45, 2.75) is 50.4 Å². The highest BCUT2D eigenvalue weighted by Crippen LogP contribution is 2.29. The largest absolute Gasteiger partial charge is 0.422 e. The number of pyridine rings is 1. The van der Waals surface area contributed by atoms with Gasteiger partial charge in [0.05, 0.1) is 10.2 Å². The molecule has 2 aromatic carbocycles. The molecular weight excluding hydrogens is 582 g/mol. The van der Waals surface area contributed by atoms with Crippen molar-refractivity contribution in [3.8, 4) is 16.9 Å². The molecule has 0 spiro atoms. The van der Waals surface area contributed by atoms with E-state index in [1.54, 1.807) is 18.2 Å². The van der Waals surface area contributed by atoms with Gasteiger partial charge >= 0.3 is 5.97 Å². The number of sulfonamides is 1. The molecule has 0 saturated carbocycles. The van der Waals surface area contributed by atoms with Gasteiger partial charge in [-0.15, -0.1) is 21.6 Å². The molecule has 0 atom stereocenters. The monoisotopic (exact) mass is 609 g/mol. The Morgan fingerprint density at radius 2 is 1.50 bits per heavy atom. The van der Waals surface area contributed by atoms with Crippen LogP contribution in [0.5, 0.6) is 5.75 Å². The van der Waals surface area contributed by atoms with Crippen LogP contribution in [-0.2, 0) is 21.4 Å². The summed E-state index contributed by atoms with van der Waals surface area (Å²) in [6.45, 7) is 8.49. The van der Waals surface area contributed by atoms with Crippen LogP contribution in [0.1, 0.15) is 50.9 Å². The summed E-state index contributed by atoms with van der Waals surface area (Å²) < 4.78 is 65.2. The Kier molecular flexibility index (Phi) is 9.98. The molecule has 0 bridgehead atoms. The molecular formula is C26H28ClN3O8S2. The van der Waals surface area contributed by atoms with E-state index in [2.05, 4.69) is 56.9 Å². The molecule has 2 N–H and O–H groups in total. The molecule has 0 unspecified atom stereocenters. The van der Waals surface area contributed by atoms with Crippen molar-refractivity contribution in [3.05, 3.63) is 72.1 Å². The van der Waals surface area contributed by atoms with Gasteiger partial charge in [-0.25, -0.2) is 42.0 Å². The third kappa shape index (κ3) is 8.74. The Bertz CT molecular complexity index is 1570. The van der Waals surface area contributed by atoms with Gasteiger partial charge < -0.3 is 4.74 Å². The Labute approximate surface area is 237 Å². The molecule has 0 amide bonds. The van der Waals surface area contributed by atoms with Crippen molar-refractivity contribution in [3.63, 3.8) is 0 Å². The average Bonchev–Trinajstić information content (AvgIpc) is 3.27. The zero-order valence-electron chi connectivity index (χ0n) is 22.1. The number of rotatable bonds is 7. The predicted octanol–water partition coefficient (Wildman–Crippen LogP) is -0.00540. The maximum Gasteiger partial charge on any atom is 0.378 e. The third-order valence-corrected chi connectivity index (χ3v) is 7.96. The van der Waals surface area contributed by atoms with Gasteiger partial charge in [-0.1, -0.05) is 58.0 Å². The van der Waals surface area contributed by atoms with Crippen molar-refractivity contribution < 1.29 is 51.4 Å².